The number of fused-ring (bicyclic) bond motifs is 1. The van der Waals surface area contributed by atoms with E-state index in [2.05, 4.69) is 4.57 Å². The van der Waals surface area contributed by atoms with Gasteiger partial charge in [-0.05, 0) is 45.6 Å². The average Bonchev–Trinajstić information content (AvgIpc) is 3.44. The molecule has 168 valence electrons. The van der Waals surface area contributed by atoms with Gasteiger partial charge in [-0.15, -0.1) is 0 Å². The maximum atomic E-state index is 12.7. The number of imide groups is 1. The van der Waals surface area contributed by atoms with Crippen LogP contribution in [0, 0.1) is 25.7 Å². The number of nitrogens with zero attached hydrogens (tertiary/aromatic N) is 2. The van der Waals surface area contributed by atoms with Crippen LogP contribution < -0.4 is 0 Å². The van der Waals surface area contributed by atoms with Crippen LogP contribution in [0.5, 0.6) is 0 Å². The minimum Gasteiger partial charge on any atom is -0.456 e. The van der Waals surface area contributed by atoms with Crippen molar-refractivity contribution in [3.63, 3.8) is 0 Å². The predicted octanol–water partition coefficient (Wildman–Crippen LogP) is 2.19. The van der Waals surface area contributed by atoms with Gasteiger partial charge in [0.1, 0.15) is 6.54 Å². The van der Waals surface area contributed by atoms with Crippen LogP contribution in [0.1, 0.15) is 60.3 Å². The van der Waals surface area contributed by atoms with E-state index in [4.69, 9.17) is 9.47 Å². The van der Waals surface area contributed by atoms with Gasteiger partial charge in [0.05, 0.1) is 17.9 Å². The predicted molar refractivity (Wildman–Crippen MR) is 110 cm³/mol. The van der Waals surface area contributed by atoms with Crippen LogP contribution in [0.3, 0.4) is 0 Å². The van der Waals surface area contributed by atoms with Gasteiger partial charge in [-0.1, -0.05) is 12.8 Å². The molecule has 8 heteroatoms. The summed E-state index contributed by atoms with van der Waals surface area (Å²) >= 11 is 0. The Kier molecular flexibility index (Phi) is 6.27. The zero-order valence-electron chi connectivity index (χ0n) is 18.2. The first-order valence-corrected chi connectivity index (χ1v) is 11.2. The smallest absolute Gasteiger partial charge is 0.326 e. The normalized spacial score (nSPS) is 25.7. The maximum Gasteiger partial charge on any atom is 0.326 e. The lowest BCUT2D eigenvalue weighted by atomic mass is 9.81. The van der Waals surface area contributed by atoms with Crippen molar-refractivity contribution in [1.82, 2.24) is 9.47 Å². The Morgan fingerprint density at radius 1 is 1.06 bits per heavy atom. The van der Waals surface area contributed by atoms with Crippen molar-refractivity contribution in [3.8, 4) is 0 Å². The van der Waals surface area contributed by atoms with Gasteiger partial charge in [-0.25, -0.2) is 0 Å². The van der Waals surface area contributed by atoms with Crippen LogP contribution in [0.25, 0.3) is 0 Å². The molecule has 0 aromatic carbocycles. The van der Waals surface area contributed by atoms with E-state index >= 15 is 0 Å². The molecule has 3 fully saturated rings. The average molecular weight is 431 g/mol. The molecule has 0 bridgehead atoms. The topological polar surface area (TPSA) is 94.9 Å². The molecule has 3 atom stereocenters. The quantitative estimate of drug-likeness (QED) is 0.374. The fourth-order valence-electron chi connectivity index (χ4n) is 5.14. The summed E-state index contributed by atoms with van der Waals surface area (Å²) in [4.78, 5) is 50.9. The molecule has 1 aromatic heterocycles. The minimum absolute atomic E-state index is 0.157. The number of aryl methyl sites for hydroxylation is 1. The second-order valence-corrected chi connectivity index (χ2v) is 8.87. The Balaban J connectivity index is 1.33. The van der Waals surface area contributed by atoms with Gasteiger partial charge in [-0.3, -0.25) is 24.1 Å². The first-order chi connectivity index (χ1) is 14.9. The minimum atomic E-state index is -0.734. The molecule has 0 N–H and O–H groups in total. The first kappa shape index (κ1) is 21.7. The molecule has 31 heavy (non-hydrogen) atoms. The van der Waals surface area contributed by atoms with Gasteiger partial charge in [0, 0.05) is 30.1 Å². The molecular weight excluding hydrogens is 400 g/mol. The summed E-state index contributed by atoms with van der Waals surface area (Å²) < 4.78 is 12.9. The van der Waals surface area contributed by atoms with E-state index < -0.39 is 19.1 Å². The summed E-state index contributed by atoms with van der Waals surface area (Å²) in [6.07, 6.45) is 5.46. The van der Waals surface area contributed by atoms with Crippen molar-refractivity contribution < 1.29 is 28.7 Å². The van der Waals surface area contributed by atoms with Crippen LogP contribution in [0.15, 0.2) is 6.07 Å². The molecule has 1 aliphatic carbocycles. The first-order valence-electron chi connectivity index (χ1n) is 11.2. The van der Waals surface area contributed by atoms with Gasteiger partial charge < -0.3 is 14.0 Å². The molecule has 0 radical (unpaired) electrons. The van der Waals surface area contributed by atoms with E-state index in [9.17, 15) is 19.2 Å². The fourth-order valence-corrected chi connectivity index (χ4v) is 5.14. The van der Waals surface area contributed by atoms with Crippen LogP contribution in [-0.4, -0.2) is 58.9 Å². The third kappa shape index (κ3) is 4.31. The van der Waals surface area contributed by atoms with Crippen molar-refractivity contribution in [2.75, 3.05) is 19.8 Å². The molecular formula is C23H30N2O6. The molecule has 2 aliphatic heterocycles. The highest BCUT2D eigenvalue weighted by Crippen LogP contribution is 2.37. The standard InChI is InChI=1S/C23H30N2O6/c1-14-10-19(15(2)24(14)11-16-6-5-9-30-16)20(26)13-31-21(27)12-25-22(28)17-7-3-4-8-18(17)23(25)29/h10,16-18H,3-9,11-13H2,1-2H3. The van der Waals surface area contributed by atoms with Crippen molar-refractivity contribution in [2.24, 2.45) is 11.8 Å². The maximum absolute atomic E-state index is 12.7. The Hall–Kier alpha value is -2.48. The number of amides is 2. The summed E-state index contributed by atoms with van der Waals surface area (Å²) in [5.74, 6) is -2.20. The van der Waals surface area contributed by atoms with E-state index in [0.717, 1.165) is 48.6 Å². The molecule has 2 saturated heterocycles. The summed E-state index contributed by atoms with van der Waals surface area (Å²) in [7, 11) is 0. The third-order valence-corrected chi connectivity index (χ3v) is 6.87. The van der Waals surface area contributed by atoms with Gasteiger partial charge >= 0.3 is 5.97 Å². The monoisotopic (exact) mass is 430 g/mol. The largest absolute Gasteiger partial charge is 0.456 e. The van der Waals surface area contributed by atoms with Gasteiger partial charge in [-0.2, -0.15) is 0 Å². The molecule has 3 aliphatic rings. The van der Waals surface area contributed by atoms with E-state index in [-0.39, 0.29) is 35.5 Å². The summed E-state index contributed by atoms with van der Waals surface area (Å²) in [6, 6.07) is 1.80. The number of carbonyl (C=O) groups excluding carboxylic acids is 4. The number of likely N-dealkylation sites (tertiary alicyclic amines) is 1. The Bertz CT molecular complexity index is 874. The van der Waals surface area contributed by atoms with Gasteiger partial charge in [0.2, 0.25) is 17.6 Å². The molecule has 2 amide bonds. The van der Waals surface area contributed by atoms with E-state index in [1.807, 2.05) is 13.8 Å². The fraction of sp³-hybridized carbons (Fsp3) is 0.652. The number of carbonyl (C=O) groups is 4. The molecule has 0 spiro atoms. The van der Waals surface area contributed by atoms with Crippen LogP contribution in [0.2, 0.25) is 0 Å². The number of esters is 1. The Labute approximate surface area is 181 Å². The number of Topliss-reactive ketones (excluding diaryl/α,β-unsaturated/α-hetero) is 1. The lowest BCUT2D eigenvalue weighted by Crippen LogP contribution is -2.37. The number of aromatic nitrogens is 1. The van der Waals surface area contributed by atoms with E-state index in [1.165, 1.54) is 0 Å². The highest BCUT2D eigenvalue weighted by molar-refractivity contribution is 6.07. The van der Waals surface area contributed by atoms with Crippen molar-refractivity contribution in [1.29, 1.82) is 0 Å². The number of hydrogen-bond acceptors (Lipinski definition) is 6. The zero-order chi connectivity index (χ0) is 22.1. The second kappa shape index (κ2) is 8.94. The highest BCUT2D eigenvalue weighted by atomic mass is 16.5. The number of ether oxygens (including phenoxy) is 2. The van der Waals surface area contributed by atoms with Crippen molar-refractivity contribution in [2.45, 2.75) is 65.0 Å². The molecule has 3 unspecified atom stereocenters. The third-order valence-electron chi connectivity index (χ3n) is 6.87. The van der Waals surface area contributed by atoms with E-state index in [0.29, 0.717) is 24.9 Å². The Morgan fingerprint density at radius 3 is 2.35 bits per heavy atom. The van der Waals surface area contributed by atoms with Crippen molar-refractivity contribution in [3.05, 3.63) is 23.0 Å². The molecule has 8 nitrogen and oxygen atoms in total. The Morgan fingerprint density at radius 2 is 1.74 bits per heavy atom. The lowest BCUT2D eigenvalue weighted by molar-refractivity contribution is -0.152. The molecule has 4 rings (SSSR count). The van der Waals surface area contributed by atoms with Crippen LogP contribution in [0.4, 0.5) is 0 Å². The van der Waals surface area contributed by atoms with Crippen molar-refractivity contribution >= 4 is 23.6 Å². The number of hydrogen-bond donors (Lipinski definition) is 0. The van der Waals surface area contributed by atoms with E-state index in [1.54, 1.807) is 6.07 Å². The highest BCUT2D eigenvalue weighted by Gasteiger charge is 2.48. The number of ketones is 1. The molecule has 1 saturated carbocycles. The van der Waals surface area contributed by atoms with Gasteiger partial charge in [0.15, 0.2) is 6.61 Å². The lowest BCUT2D eigenvalue weighted by Gasteiger charge is -2.19. The summed E-state index contributed by atoms with van der Waals surface area (Å²) in [5, 5.41) is 0. The van der Waals surface area contributed by atoms with Crippen LogP contribution >= 0.6 is 0 Å². The SMILES string of the molecule is Cc1cc(C(=O)COC(=O)CN2C(=O)C3CCCCC3C2=O)c(C)n1CC1CCCO1. The molecule has 3 heterocycles. The molecule has 1 aromatic rings. The van der Waals surface area contributed by atoms with Crippen LogP contribution in [-0.2, 0) is 30.4 Å². The zero-order valence-corrected chi connectivity index (χ0v) is 18.2. The summed E-state index contributed by atoms with van der Waals surface area (Å²) in [5.41, 5.74) is 2.30. The number of rotatable bonds is 7. The second-order valence-electron chi connectivity index (χ2n) is 8.87. The summed E-state index contributed by atoms with van der Waals surface area (Å²) in [6.45, 7) is 4.46. The van der Waals surface area contributed by atoms with Gasteiger partial charge in [0.25, 0.3) is 0 Å².